The molecule has 1 aliphatic rings. The fraction of sp³-hybridized carbons (Fsp3) is 0.538. The number of epoxide rings is 1. The van der Waals surface area contributed by atoms with Crippen LogP contribution in [0.2, 0.25) is 0 Å². The van der Waals surface area contributed by atoms with Crippen LogP contribution in [0.3, 0.4) is 0 Å². The third kappa shape index (κ3) is 4.71. The van der Waals surface area contributed by atoms with E-state index in [0.717, 1.165) is 12.8 Å². The molecule has 0 aromatic rings. The second kappa shape index (κ2) is 6.96. The topological polar surface area (TPSA) is 65.1 Å². The molecule has 1 rings (SSSR count). The minimum absolute atomic E-state index is 0.0217. The molecular formula is C13H18O5. The van der Waals surface area contributed by atoms with Crippen LogP contribution in [0.1, 0.15) is 19.8 Å². The first kappa shape index (κ1) is 14.4. The van der Waals surface area contributed by atoms with Crippen LogP contribution in [0.4, 0.5) is 0 Å². The van der Waals surface area contributed by atoms with E-state index in [-0.39, 0.29) is 23.9 Å². The average Bonchev–Trinajstić information content (AvgIpc) is 3.18. The van der Waals surface area contributed by atoms with Crippen molar-refractivity contribution in [2.24, 2.45) is 0 Å². The van der Waals surface area contributed by atoms with Crippen molar-refractivity contribution in [1.29, 1.82) is 0 Å². The Labute approximate surface area is 106 Å². The first-order chi connectivity index (χ1) is 8.56. The molecule has 0 aromatic carbocycles. The molecular weight excluding hydrogens is 236 g/mol. The Morgan fingerprint density at radius 3 is 2.28 bits per heavy atom. The Morgan fingerprint density at radius 2 is 1.78 bits per heavy atom. The number of carbonyl (C=O) groups is 2. The molecule has 18 heavy (non-hydrogen) atoms. The molecule has 0 aliphatic carbocycles. The number of carbonyl (C=O) groups excluding carboxylic acids is 2. The normalized spacial score (nSPS) is 16.8. The van der Waals surface area contributed by atoms with Gasteiger partial charge in [-0.05, 0) is 6.42 Å². The lowest BCUT2D eigenvalue weighted by molar-refractivity contribution is -0.142. The van der Waals surface area contributed by atoms with Crippen LogP contribution in [-0.4, -0.2) is 37.9 Å². The highest BCUT2D eigenvalue weighted by molar-refractivity contribution is 6.06. The number of hydrogen-bond acceptors (Lipinski definition) is 5. The molecule has 1 unspecified atom stereocenters. The molecule has 0 radical (unpaired) electrons. The monoisotopic (exact) mass is 254 g/mol. The minimum Gasteiger partial charge on any atom is -0.462 e. The summed E-state index contributed by atoms with van der Waals surface area (Å²) in [4.78, 5) is 23.0. The van der Waals surface area contributed by atoms with Crippen molar-refractivity contribution in [1.82, 2.24) is 0 Å². The van der Waals surface area contributed by atoms with Crippen molar-refractivity contribution in [3.8, 4) is 0 Å². The molecule has 0 bridgehead atoms. The summed E-state index contributed by atoms with van der Waals surface area (Å²) in [5.74, 6) is -1.30. The number of ether oxygens (including phenoxy) is 3. The summed E-state index contributed by atoms with van der Waals surface area (Å²) in [6.07, 6.45) is 1.67. The van der Waals surface area contributed by atoms with Gasteiger partial charge in [-0.15, -0.1) is 0 Å². The van der Waals surface area contributed by atoms with Crippen molar-refractivity contribution >= 4 is 11.9 Å². The zero-order valence-electron chi connectivity index (χ0n) is 10.6. The zero-order chi connectivity index (χ0) is 13.5. The molecule has 0 spiro atoms. The smallest absolute Gasteiger partial charge is 0.338 e. The number of esters is 2. The van der Waals surface area contributed by atoms with Crippen molar-refractivity contribution in [3.05, 3.63) is 24.3 Å². The van der Waals surface area contributed by atoms with Crippen molar-refractivity contribution in [2.45, 2.75) is 25.9 Å². The predicted octanol–water partition coefficient (Wildman–Crippen LogP) is 1.38. The molecule has 0 N–H and O–H groups in total. The third-order valence-electron chi connectivity index (χ3n) is 2.39. The average molecular weight is 254 g/mol. The number of hydrogen-bond donors (Lipinski definition) is 0. The molecule has 100 valence electrons. The van der Waals surface area contributed by atoms with E-state index in [1.807, 2.05) is 6.92 Å². The molecule has 0 amide bonds. The minimum atomic E-state index is -0.664. The molecule has 5 heteroatoms. The lowest BCUT2D eigenvalue weighted by Crippen LogP contribution is -2.17. The standard InChI is InChI=1S/C13H18O5/c1-4-5-6-16-12(14)9(2)10(3)13(15)18-8-11-7-17-11/h11H,2-8H2,1H3. The molecule has 5 nitrogen and oxygen atoms in total. The maximum absolute atomic E-state index is 11.5. The summed E-state index contributed by atoms with van der Waals surface area (Å²) in [6, 6.07) is 0. The Kier molecular flexibility index (Phi) is 5.58. The van der Waals surface area contributed by atoms with Gasteiger partial charge in [-0.3, -0.25) is 0 Å². The maximum Gasteiger partial charge on any atom is 0.338 e. The van der Waals surface area contributed by atoms with Crippen molar-refractivity contribution in [3.63, 3.8) is 0 Å². The van der Waals surface area contributed by atoms with E-state index in [4.69, 9.17) is 14.2 Å². The molecule has 1 atom stereocenters. The zero-order valence-corrected chi connectivity index (χ0v) is 10.6. The van der Waals surface area contributed by atoms with Crippen LogP contribution in [-0.2, 0) is 23.8 Å². The molecule has 1 aliphatic heterocycles. The van der Waals surface area contributed by atoms with Crippen LogP contribution >= 0.6 is 0 Å². The van der Waals surface area contributed by atoms with E-state index in [9.17, 15) is 9.59 Å². The van der Waals surface area contributed by atoms with Crippen LogP contribution in [0.5, 0.6) is 0 Å². The quantitative estimate of drug-likeness (QED) is 0.215. The Bertz CT molecular complexity index is 354. The van der Waals surface area contributed by atoms with Gasteiger partial charge in [0.05, 0.1) is 24.4 Å². The first-order valence-electron chi connectivity index (χ1n) is 5.90. The van der Waals surface area contributed by atoms with Gasteiger partial charge in [-0.1, -0.05) is 26.5 Å². The van der Waals surface area contributed by atoms with Gasteiger partial charge < -0.3 is 14.2 Å². The van der Waals surface area contributed by atoms with E-state index in [1.54, 1.807) is 0 Å². The number of unbranched alkanes of at least 4 members (excludes halogenated alkanes) is 1. The van der Waals surface area contributed by atoms with E-state index >= 15 is 0 Å². The highest BCUT2D eigenvalue weighted by Crippen LogP contribution is 2.13. The summed E-state index contributed by atoms with van der Waals surface area (Å²) in [5, 5.41) is 0. The third-order valence-corrected chi connectivity index (χ3v) is 2.39. The Morgan fingerprint density at radius 1 is 1.22 bits per heavy atom. The van der Waals surface area contributed by atoms with E-state index < -0.39 is 11.9 Å². The highest BCUT2D eigenvalue weighted by Gasteiger charge is 2.26. The maximum atomic E-state index is 11.5. The van der Waals surface area contributed by atoms with E-state index in [2.05, 4.69) is 13.2 Å². The number of rotatable bonds is 8. The lowest BCUT2D eigenvalue weighted by atomic mass is 10.1. The molecule has 1 heterocycles. The highest BCUT2D eigenvalue weighted by atomic mass is 16.6. The second-order valence-electron chi connectivity index (χ2n) is 4.00. The Hall–Kier alpha value is -1.62. The van der Waals surface area contributed by atoms with Gasteiger partial charge in [0.15, 0.2) is 0 Å². The summed E-state index contributed by atoms with van der Waals surface area (Å²) in [5.41, 5.74) is -0.134. The van der Waals surface area contributed by atoms with Crippen LogP contribution in [0, 0.1) is 0 Å². The van der Waals surface area contributed by atoms with Gasteiger partial charge in [0.25, 0.3) is 0 Å². The van der Waals surface area contributed by atoms with Crippen LogP contribution < -0.4 is 0 Å². The molecule has 1 fully saturated rings. The van der Waals surface area contributed by atoms with E-state index in [0.29, 0.717) is 13.2 Å². The van der Waals surface area contributed by atoms with Gasteiger partial charge in [-0.2, -0.15) is 0 Å². The lowest BCUT2D eigenvalue weighted by Gasteiger charge is -2.08. The van der Waals surface area contributed by atoms with Gasteiger partial charge in [0, 0.05) is 0 Å². The largest absolute Gasteiger partial charge is 0.462 e. The van der Waals surface area contributed by atoms with Gasteiger partial charge in [0.1, 0.15) is 12.7 Å². The second-order valence-corrected chi connectivity index (χ2v) is 4.00. The van der Waals surface area contributed by atoms with Gasteiger partial charge >= 0.3 is 11.9 Å². The molecule has 1 saturated heterocycles. The fourth-order valence-electron chi connectivity index (χ4n) is 1.06. The summed E-state index contributed by atoms with van der Waals surface area (Å²) >= 11 is 0. The fourth-order valence-corrected chi connectivity index (χ4v) is 1.06. The van der Waals surface area contributed by atoms with Gasteiger partial charge in [-0.25, -0.2) is 9.59 Å². The van der Waals surface area contributed by atoms with Crippen LogP contribution in [0.15, 0.2) is 24.3 Å². The van der Waals surface area contributed by atoms with E-state index in [1.165, 1.54) is 0 Å². The first-order valence-corrected chi connectivity index (χ1v) is 5.90. The summed E-state index contributed by atoms with van der Waals surface area (Å²) < 4.78 is 14.7. The van der Waals surface area contributed by atoms with Crippen molar-refractivity contribution < 1.29 is 23.8 Å². The molecule has 0 aromatic heterocycles. The SMILES string of the molecule is C=C(C(=C)C(=O)OCC1CO1)C(=O)OCCCC. The predicted molar refractivity (Wildman–Crippen MR) is 64.8 cm³/mol. The Balaban J connectivity index is 2.31. The summed E-state index contributed by atoms with van der Waals surface area (Å²) in [7, 11) is 0. The summed E-state index contributed by atoms with van der Waals surface area (Å²) in [6.45, 7) is 10.0. The van der Waals surface area contributed by atoms with Crippen LogP contribution in [0.25, 0.3) is 0 Å². The molecule has 0 saturated carbocycles. The van der Waals surface area contributed by atoms with Gasteiger partial charge in [0.2, 0.25) is 0 Å². The van der Waals surface area contributed by atoms with Crippen molar-refractivity contribution in [2.75, 3.05) is 19.8 Å².